The number of phosphoric ester groups is 1. The number of imidazole rings is 1. The number of nitrogens with one attached hydrogen (secondary N) is 1. The van der Waals surface area contributed by atoms with Gasteiger partial charge < -0.3 is 29.4 Å². The average Bonchev–Trinajstić information content (AvgIpc) is 3.47. The van der Waals surface area contributed by atoms with Crippen molar-refractivity contribution in [2.75, 3.05) is 19.5 Å². The number of thioether (sulfide) groups is 2. The molecule has 0 bridgehead atoms. The molecule has 4 atom stereocenters. The Morgan fingerprint density at radius 3 is 2.21 bits per heavy atom. The fourth-order valence-corrected chi connectivity index (χ4v) is 5.71. The van der Waals surface area contributed by atoms with E-state index in [4.69, 9.17) is 28.8 Å². The molecule has 3 heterocycles. The van der Waals surface area contributed by atoms with E-state index in [1.807, 2.05) is 0 Å². The highest BCUT2D eigenvalue weighted by Gasteiger charge is 2.47. The van der Waals surface area contributed by atoms with Crippen molar-refractivity contribution in [3.63, 3.8) is 0 Å². The second-order valence-corrected chi connectivity index (χ2v) is 14.7. The first-order valence-electron chi connectivity index (χ1n) is 12.9. The second kappa shape index (κ2) is 14.0. The number of anilines is 1. The lowest BCUT2D eigenvalue weighted by Crippen LogP contribution is -2.35. The van der Waals surface area contributed by atoms with E-state index in [-0.39, 0.29) is 27.3 Å². The molecule has 15 nitrogen and oxygen atoms in total. The molecule has 1 saturated heterocycles. The highest BCUT2D eigenvalue weighted by atomic mass is 32.2. The number of ether oxygens (including phenoxy) is 2. The van der Waals surface area contributed by atoms with Gasteiger partial charge in [0.1, 0.15) is 30.8 Å². The largest absolute Gasteiger partial charge is 0.586 e. The number of H-pyrrole nitrogens is 1. The Hall–Kier alpha value is -2.66. The maximum Gasteiger partial charge on any atom is 0.586 e. The second-order valence-electron chi connectivity index (χ2n) is 11.3. The van der Waals surface area contributed by atoms with Gasteiger partial charge in [0.05, 0.1) is 12.9 Å². The van der Waals surface area contributed by atoms with Crippen molar-refractivity contribution < 1.29 is 42.3 Å². The molecule has 18 heteroatoms. The summed E-state index contributed by atoms with van der Waals surface area (Å²) in [6, 6.07) is 0. The van der Waals surface area contributed by atoms with Crippen LogP contribution in [0.5, 0.6) is 0 Å². The number of phosphoric acid groups is 1. The fraction of sp³-hybridized carbons (Fsp3) is 0.560. The zero-order chi connectivity index (χ0) is 32.2. The topological polar surface area (TPSA) is 207 Å². The fourth-order valence-electron chi connectivity index (χ4n) is 3.45. The van der Waals surface area contributed by atoms with Crippen LogP contribution in [-0.4, -0.2) is 66.9 Å². The van der Waals surface area contributed by atoms with Crippen LogP contribution in [-0.2, 0) is 37.2 Å². The van der Waals surface area contributed by atoms with Gasteiger partial charge in [0.15, 0.2) is 27.6 Å². The van der Waals surface area contributed by atoms with Crippen LogP contribution in [0.4, 0.5) is 5.95 Å². The molecule has 0 aromatic carbocycles. The van der Waals surface area contributed by atoms with Crippen LogP contribution in [0.15, 0.2) is 34.5 Å². The third-order valence-electron chi connectivity index (χ3n) is 5.77. The van der Waals surface area contributed by atoms with E-state index >= 15 is 0 Å². The van der Waals surface area contributed by atoms with Crippen LogP contribution < -0.4 is 11.3 Å². The van der Waals surface area contributed by atoms with Crippen LogP contribution in [0.1, 0.15) is 47.8 Å². The normalized spacial score (nSPS) is 22.8. The van der Waals surface area contributed by atoms with Crippen molar-refractivity contribution in [3.05, 3.63) is 40.0 Å². The van der Waals surface area contributed by atoms with E-state index in [1.54, 1.807) is 41.5 Å². The van der Waals surface area contributed by atoms with Crippen LogP contribution in [0.3, 0.4) is 0 Å². The number of nitrogens with zero attached hydrogens (tertiary/aromatic N) is 3. The Morgan fingerprint density at radius 1 is 1.14 bits per heavy atom. The number of aromatic amines is 1. The number of hydrogen-bond donors (Lipinski definition) is 3. The first-order valence-corrected chi connectivity index (χ1v) is 16.1. The minimum absolute atomic E-state index is 0.00246. The summed E-state index contributed by atoms with van der Waals surface area (Å²) in [5, 5.41) is 13.2. The number of carbonyl (C=O) groups is 2. The van der Waals surface area contributed by atoms with Crippen LogP contribution >= 0.6 is 31.3 Å². The van der Waals surface area contributed by atoms with Crippen molar-refractivity contribution in [3.8, 4) is 0 Å². The molecule has 1 aliphatic heterocycles. The Morgan fingerprint density at radius 2 is 1.70 bits per heavy atom. The summed E-state index contributed by atoms with van der Waals surface area (Å²) in [5.41, 5.74) is 3.98. The maximum atomic E-state index is 13.5. The number of rotatable bonds is 11. The Kier molecular flexibility index (Phi) is 11.3. The molecule has 43 heavy (non-hydrogen) atoms. The first kappa shape index (κ1) is 34.8. The smallest absolute Gasteiger partial charge is 0.402 e. The van der Waals surface area contributed by atoms with E-state index in [2.05, 4.69) is 15.0 Å². The summed E-state index contributed by atoms with van der Waals surface area (Å²) >= 11 is 1.67. The summed E-state index contributed by atoms with van der Waals surface area (Å²) in [6.45, 7) is 9.99. The third kappa shape index (κ3) is 8.94. The number of fused-ring (bicyclic) bond motifs is 1. The lowest BCUT2D eigenvalue weighted by molar-refractivity contribution is -0.118. The standard InChI is InChI=1S/C25H36N5O10PS2/c1-24(2,3)21(33)42-10-8-37-41(35,38-9-11-43-22(34)25(4,5)6)39-12-14-16(31)17(36-7)20(40-14)30-13-27-15-18(30)28-23(26)29-19(15)32/h8-11,13-14,16-17,20,31H,12H2,1-7H3,(H3,26,28,29,32)/t14-,16-,17-,20-,41?/m1/s1. The molecule has 0 radical (unpaired) electrons. The molecule has 0 aliphatic carbocycles. The quantitative estimate of drug-likeness (QED) is 0.232. The summed E-state index contributed by atoms with van der Waals surface area (Å²) < 4.78 is 42.3. The van der Waals surface area contributed by atoms with Crippen LogP contribution in [0.2, 0.25) is 0 Å². The van der Waals surface area contributed by atoms with Gasteiger partial charge in [-0.3, -0.25) is 28.5 Å². The highest BCUT2D eigenvalue weighted by Crippen LogP contribution is 2.51. The summed E-state index contributed by atoms with van der Waals surface area (Å²) in [4.78, 5) is 47.1. The SMILES string of the molecule is CO[C@@H]1[C@H](O)[C@@H](COP(=O)(OC=CSC(=O)C(C)(C)C)OC=CSC(=O)C(C)(C)C)O[C@H]1n1cnc2c(=O)[nH]c(N)nc21. The molecule has 2 aromatic rings. The predicted octanol–water partition coefficient (Wildman–Crippen LogP) is 3.69. The van der Waals surface area contributed by atoms with Crippen molar-refractivity contribution in [1.29, 1.82) is 0 Å². The first-order chi connectivity index (χ1) is 20.0. The van der Waals surface area contributed by atoms with Crippen LogP contribution in [0, 0.1) is 10.8 Å². The Balaban J connectivity index is 1.76. The highest BCUT2D eigenvalue weighted by molar-refractivity contribution is 8.16. The molecule has 4 N–H and O–H groups in total. The van der Waals surface area contributed by atoms with Gasteiger partial charge in [0.25, 0.3) is 5.56 Å². The third-order valence-corrected chi connectivity index (χ3v) is 9.15. The van der Waals surface area contributed by atoms with Gasteiger partial charge in [-0.1, -0.05) is 65.1 Å². The van der Waals surface area contributed by atoms with Crippen molar-refractivity contribution in [2.24, 2.45) is 10.8 Å². The molecule has 1 aliphatic rings. The van der Waals surface area contributed by atoms with Gasteiger partial charge in [-0.2, -0.15) is 4.98 Å². The molecule has 0 spiro atoms. The number of nitrogens with two attached hydrogens (primary N) is 1. The number of carbonyl (C=O) groups excluding carboxylic acids is 2. The molecule has 0 unspecified atom stereocenters. The summed E-state index contributed by atoms with van der Waals surface area (Å²) in [5.74, 6) is -0.146. The van der Waals surface area contributed by atoms with Gasteiger partial charge in [-0.05, 0) is 0 Å². The molecule has 238 valence electrons. The molecular formula is C25H36N5O10PS2. The monoisotopic (exact) mass is 661 g/mol. The molecule has 0 saturated carbocycles. The Bertz CT molecular complexity index is 1440. The van der Waals surface area contributed by atoms with Crippen molar-refractivity contribution >= 4 is 58.7 Å². The van der Waals surface area contributed by atoms with Gasteiger partial charge in [-0.15, -0.1) is 0 Å². The summed E-state index contributed by atoms with van der Waals surface area (Å²) in [7, 11) is -3.06. The van der Waals surface area contributed by atoms with E-state index in [9.17, 15) is 24.1 Å². The number of hydrogen-bond acceptors (Lipinski definition) is 15. The van der Waals surface area contributed by atoms with E-state index in [0.717, 1.165) is 36.0 Å². The lowest BCUT2D eigenvalue weighted by Gasteiger charge is -2.20. The predicted molar refractivity (Wildman–Crippen MR) is 161 cm³/mol. The van der Waals surface area contributed by atoms with Crippen molar-refractivity contribution in [2.45, 2.75) is 66.1 Å². The maximum absolute atomic E-state index is 13.5. The minimum atomic E-state index is -4.41. The zero-order valence-corrected chi connectivity index (χ0v) is 27.2. The number of aromatic nitrogens is 4. The summed E-state index contributed by atoms with van der Waals surface area (Å²) in [6.07, 6.45) is -1.14. The van der Waals surface area contributed by atoms with E-state index < -0.39 is 55.4 Å². The lowest BCUT2D eigenvalue weighted by atomic mass is 9.99. The minimum Gasteiger partial charge on any atom is -0.402 e. The van der Waals surface area contributed by atoms with E-state index in [1.165, 1.54) is 28.8 Å². The van der Waals surface area contributed by atoms with Gasteiger partial charge in [0, 0.05) is 28.8 Å². The molecule has 2 aromatic heterocycles. The number of aliphatic hydroxyl groups excluding tert-OH is 1. The van der Waals surface area contributed by atoms with Crippen molar-refractivity contribution in [1.82, 2.24) is 19.5 Å². The van der Waals surface area contributed by atoms with Gasteiger partial charge >= 0.3 is 7.82 Å². The molecule has 0 amide bonds. The van der Waals surface area contributed by atoms with E-state index in [0.29, 0.717) is 0 Å². The number of methoxy groups -OCH3 is 1. The molecule has 1 fully saturated rings. The van der Waals surface area contributed by atoms with Gasteiger partial charge in [-0.25, -0.2) is 9.55 Å². The number of nitrogen functional groups attached to an aromatic ring is 1. The molecule has 3 rings (SSSR count). The van der Waals surface area contributed by atoms with Crippen LogP contribution in [0.25, 0.3) is 11.2 Å². The van der Waals surface area contributed by atoms with Gasteiger partial charge in [0.2, 0.25) is 5.95 Å². The molecular weight excluding hydrogens is 625 g/mol. The average molecular weight is 662 g/mol. The number of aliphatic hydroxyl groups is 1. The Labute approximate surface area is 256 Å². The zero-order valence-electron chi connectivity index (χ0n) is 24.7.